The zero-order valence-corrected chi connectivity index (χ0v) is 10.5. The van der Waals surface area contributed by atoms with Gasteiger partial charge in [0.15, 0.2) is 0 Å². The zero-order valence-electron chi connectivity index (χ0n) is 10.5. The Morgan fingerprint density at radius 1 is 1.47 bits per heavy atom. The van der Waals surface area contributed by atoms with Crippen molar-refractivity contribution in [2.75, 3.05) is 17.2 Å². The fraction of sp³-hybridized carbons (Fsp3) is 0.500. The summed E-state index contributed by atoms with van der Waals surface area (Å²) in [5.41, 5.74) is 8.48. The van der Waals surface area contributed by atoms with Crippen LogP contribution in [0.4, 0.5) is 11.4 Å². The van der Waals surface area contributed by atoms with Crippen molar-refractivity contribution in [1.29, 1.82) is 5.26 Å². The molecule has 0 aliphatic carbocycles. The molecule has 0 radical (unpaired) electrons. The molecule has 1 aliphatic rings. The minimum atomic E-state index is 0.574. The van der Waals surface area contributed by atoms with Gasteiger partial charge in [0, 0.05) is 12.6 Å². The maximum Gasteiger partial charge on any atom is 0.0992 e. The number of nitrogens with zero attached hydrogens (tertiary/aromatic N) is 2. The molecule has 0 amide bonds. The van der Waals surface area contributed by atoms with E-state index in [-0.39, 0.29) is 0 Å². The van der Waals surface area contributed by atoms with Crippen molar-refractivity contribution in [2.24, 2.45) is 5.92 Å². The summed E-state index contributed by atoms with van der Waals surface area (Å²) in [5, 5.41) is 8.84. The first-order chi connectivity index (χ1) is 8.13. The van der Waals surface area contributed by atoms with E-state index in [9.17, 15) is 0 Å². The highest BCUT2D eigenvalue weighted by Crippen LogP contribution is 2.33. The minimum absolute atomic E-state index is 0.574. The summed E-state index contributed by atoms with van der Waals surface area (Å²) in [4.78, 5) is 2.39. The highest BCUT2D eigenvalue weighted by atomic mass is 15.2. The predicted octanol–water partition coefficient (Wildman–Crippen LogP) is 2.77. The van der Waals surface area contributed by atoms with E-state index < -0.39 is 0 Å². The van der Waals surface area contributed by atoms with E-state index in [1.165, 1.54) is 12.8 Å². The van der Waals surface area contributed by atoms with Crippen LogP contribution in [0.3, 0.4) is 0 Å². The van der Waals surface area contributed by atoms with E-state index >= 15 is 0 Å². The second kappa shape index (κ2) is 4.67. The molecular formula is C14H19N3. The topological polar surface area (TPSA) is 53.0 Å². The lowest BCUT2D eigenvalue weighted by atomic mass is 10.0. The zero-order chi connectivity index (χ0) is 12.4. The van der Waals surface area contributed by atoms with E-state index in [1.54, 1.807) is 6.07 Å². The molecule has 0 bridgehead atoms. The molecule has 1 fully saturated rings. The normalized spacial score (nSPS) is 19.6. The number of benzene rings is 1. The van der Waals surface area contributed by atoms with Gasteiger partial charge in [-0.15, -0.1) is 0 Å². The van der Waals surface area contributed by atoms with E-state index in [4.69, 9.17) is 11.0 Å². The second-order valence-corrected chi connectivity index (χ2v) is 5.03. The molecule has 2 rings (SSSR count). The highest BCUT2D eigenvalue weighted by Gasteiger charge is 2.28. The van der Waals surface area contributed by atoms with Crippen LogP contribution < -0.4 is 10.6 Å². The molecule has 1 aliphatic heterocycles. The van der Waals surface area contributed by atoms with Gasteiger partial charge in [0.25, 0.3) is 0 Å². The van der Waals surface area contributed by atoms with Crippen LogP contribution in [0, 0.1) is 17.2 Å². The Bertz CT molecular complexity index is 445. The van der Waals surface area contributed by atoms with Crippen LogP contribution in [0.5, 0.6) is 0 Å². The Balaban J connectivity index is 2.31. The monoisotopic (exact) mass is 229 g/mol. The summed E-state index contributed by atoms with van der Waals surface area (Å²) in [7, 11) is 0. The standard InChI is InChI=1S/C14H19N3/c1-10(2)13-4-3-7-17(13)14-6-5-11(9-15)8-12(14)16/h5-6,8,10,13H,3-4,7,16H2,1-2H3. The van der Waals surface area contributed by atoms with Crippen LogP contribution in [0.1, 0.15) is 32.3 Å². The molecule has 3 nitrogen and oxygen atoms in total. The second-order valence-electron chi connectivity index (χ2n) is 5.03. The molecule has 90 valence electrons. The number of nitrogens with two attached hydrogens (primary N) is 1. The summed E-state index contributed by atoms with van der Waals surface area (Å²) >= 11 is 0. The van der Waals surface area contributed by atoms with Gasteiger partial charge in [-0.1, -0.05) is 13.8 Å². The molecule has 2 N–H and O–H groups in total. The van der Waals surface area contributed by atoms with Crippen molar-refractivity contribution in [3.05, 3.63) is 23.8 Å². The SMILES string of the molecule is CC(C)C1CCCN1c1ccc(C#N)cc1N. The van der Waals surface area contributed by atoms with Gasteiger partial charge in [0.2, 0.25) is 0 Å². The van der Waals surface area contributed by atoms with Crippen LogP contribution in [0.25, 0.3) is 0 Å². The maximum absolute atomic E-state index is 8.84. The van der Waals surface area contributed by atoms with Gasteiger partial charge in [-0.3, -0.25) is 0 Å². The third-order valence-corrected chi connectivity index (χ3v) is 3.53. The van der Waals surface area contributed by atoms with Gasteiger partial charge in [-0.05, 0) is 37.0 Å². The lowest BCUT2D eigenvalue weighted by Gasteiger charge is -2.30. The van der Waals surface area contributed by atoms with Gasteiger partial charge in [0.1, 0.15) is 0 Å². The molecule has 0 spiro atoms. The molecule has 17 heavy (non-hydrogen) atoms. The van der Waals surface area contributed by atoms with Crippen LogP contribution >= 0.6 is 0 Å². The molecule has 3 heteroatoms. The average molecular weight is 229 g/mol. The first-order valence-corrected chi connectivity index (χ1v) is 6.19. The van der Waals surface area contributed by atoms with E-state index in [0.717, 1.165) is 17.9 Å². The van der Waals surface area contributed by atoms with Crippen molar-refractivity contribution in [2.45, 2.75) is 32.7 Å². The van der Waals surface area contributed by atoms with Gasteiger partial charge in [-0.2, -0.15) is 5.26 Å². The van der Waals surface area contributed by atoms with E-state index in [1.807, 2.05) is 12.1 Å². The summed E-state index contributed by atoms with van der Waals surface area (Å²) in [6.07, 6.45) is 2.46. The lowest BCUT2D eigenvalue weighted by Crippen LogP contribution is -2.33. The first-order valence-electron chi connectivity index (χ1n) is 6.19. The number of anilines is 2. The number of rotatable bonds is 2. The van der Waals surface area contributed by atoms with Crippen LogP contribution in [-0.2, 0) is 0 Å². The highest BCUT2D eigenvalue weighted by molar-refractivity contribution is 5.70. The van der Waals surface area contributed by atoms with Gasteiger partial charge >= 0.3 is 0 Å². The van der Waals surface area contributed by atoms with Crippen molar-refractivity contribution in [1.82, 2.24) is 0 Å². The fourth-order valence-electron chi connectivity index (χ4n) is 2.67. The number of hydrogen-bond acceptors (Lipinski definition) is 3. The molecular weight excluding hydrogens is 210 g/mol. The summed E-state index contributed by atoms with van der Waals surface area (Å²) in [5.74, 6) is 0.632. The van der Waals surface area contributed by atoms with Crippen LogP contribution in [0.15, 0.2) is 18.2 Å². The Morgan fingerprint density at radius 2 is 2.24 bits per heavy atom. The number of nitrogen functional groups attached to an aromatic ring is 1. The Morgan fingerprint density at radius 3 is 2.82 bits per heavy atom. The molecule has 1 atom stereocenters. The number of nitriles is 1. The minimum Gasteiger partial charge on any atom is -0.397 e. The van der Waals surface area contributed by atoms with Crippen molar-refractivity contribution in [3.63, 3.8) is 0 Å². The Kier molecular flexibility index (Phi) is 3.23. The molecule has 0 saturated carbocycles. The quantitative estimate of drug-likeness (QED) is 0.793. The predicted molar refractivity (Wildman–Crippen MR) is 70.8 cm³/mol. The van der Waals surface area contributed by atoms with Gasteiger partial charge in [0.05, 0.1) is 23.0 Å². The molecule has 1 saturated heterocycles. The molecule has 1 unspecified atom stereocenters. The summed E-state index contributed by atoms with van der Waals surface area (Å²) in [6.45, 7) is 5.57. The van der Waals surface area contributed by atoms with E-state index in [0.29, 0.717) is 17.5 Å². The van der Waals surface area contributed by atoms with Gasteiger partial charge < -0.3 is 10.6 Å². The lowest BCUT2D eigenvalue weighted by molar-refractivity contribution is 0.492. The molecule has 1 aromatic rings. The number of hydrogen-bond donors (Lipinski definition) is 1. The van der Waals surface area contributed by atoms with Crippen molar-refractivity contribution in [3.8, 4) is 6.07 Å². The largest absolute Gasteiger partial charge is 0.397 e. The molecule has 0 aromatic heterocycles. The summed E-state index contributed by atoms with van der Waals surface area (Å²) in [6, 6.07) is 8.29. The van der Waals surface area contributed by atoms with Crippen LogP contribution in [-0.4, -0.2) is 12.6 Å². The summed E-state index contributed by atoms with van der Waals surface area (Å²) < 4.78 is 0. The first kappa shape index (κ1) is 11.8. The third-order valence-electron chi connectivity index (χ3n) is 3.53. The van der Waals surface area contributed by atoms with Crippen molar-refractivity contribution < 1.29 is 0 Å². The van der Waals surface area contributed by atoms with Crippen LogP contribution in [0.2, 0.25) is 0 Å². The average Bonchev–Trinajstić information content (AvgIpc) is 2.77. The molecule has 1 aromatic carbocycles. The van der Waals surface area contributed by atoms with Crippen molar-refractivity contribution >= 4 is 11.4 Å². The smallest absolute Gasteiger partial charge is 0.0992 e. The fourth-order valence-corrected chi connectivity index (χ4v) is 2.67. The third kappa shape index (κ3) is 2.21. The van der Waals surface area contributed by atoms with Gasteiger partial charge in [-0.25, -0.2) is 0 Å². The maximum atomic E-state index is 8.84. The Hall–Kier alpha value is -1.69. The Labute approximate surface area is 103 Å². The molecule has 1 heterocycles. The van der Waals surface area contributed by atoms with E-state index in [2.05, 4.69) is 24.8 Å².